The van der Waals surface area contributed by atoms with E-state index in [9.17, 15) is 13.2 Å². The lowest BCUT2D eigenvalue weighted by atomic mass is 9.78. The zero-order valence-electron chi connectivity index (χ0n) is 13.7. The summed E-state index contributed by atoms with van der Waals surface area (Å²) in [5, 5.41) is 3.28. The van der Waals surface area contributed by atoms with Gasteiger partial charge in [-0.1, -0.05) is 49.4 Å². The van der Waals surface area contributed by atoms with Crippen LogP contribution in [0.1, 0.15) is 35.6 Å². The number of halogens is 3. The fraction of sp³-hybridized carbons (Fsp3) is 0.368. The van der Waals surface area contributed by atoms with E-state index in [-0.39, 0.29) is 0 Å². The highest BCUT2D eigenvalue weighted by atomic mass is 19.4. The molecule has 23 heavy (non-hydrogen) atoms. The molecular formula is C19H22F3N. The van der Waals surface area contributed by atoms with Crippen molar-refractivity contribution >= 4 is 0 Å². The van der Waals surface area contributed by atoms with Gasteiger partial charge in [0.05, 0.1) is 5.56 Å². The lowest BCUT2D eigenvalue weighted by molar-refractivity contribution is -0.138. The minimum absolute atomic E-state index is 0.298. The fourth-order valence-electron chi connectivity index (χ4n) is 3.22. The summed E-state index contributed by atoms with van der Waals surface area (Å²) in [5.74, 6) is 0. The van der Waals surface area contributed by atoms with Crippen molar-refractivity contribution in [1.29, 1.82) is 0 Å². The molecule has 1 nitrogen and oxygen atoms in total. The third-order valence-electron chi connectivity index (χ3n) is 4.59. The minimum Gasteiger partial charge on any atom is -0.310 e. The molecule has 2 aromatic rings. The standard InChI is InChI=1S/C19H22F3N/c1-4-18(23-3,13-15-9-6-5-7-10-15)16-11-8-12-17(14(16)2)19(20,21)22/h5-12,23H,4,13H2,1-3H3/t18-/m0/s1. The van der Waals surface area contributed by atoms with E-state index in [0.29, 0.717) is 24.0 Å². The molecule has 0 aliphatic rings. The van der Waals surface area contributed by atoms with Gasteiger partial charge in [0.25, 0.3) is 0 Å². The van der Waals surface area contributed by atoms with Crippen molar-refractivity contribution in [2.45, 2.75) is 38.4 Å². The molecule has 0 amide bonds. The highest BCUT2D eigenvalue weighted by Crippen LogP contribution is 2.38. The van der Waals surface area contributed by atoms with E-state index in [1.54, 1.807) is 13.0 Å². The average molecular weight is 321 g/mol. The van der Waals surface area contributed by atoms with Crippen LogP contribution in [0, 0.1) is 6.92 Å². The molecule has 1 N–H and O–H groups in total. The second kappa shape index (κ2) is 6.75. The van der Waals surface area contributed by atoms with E-state index >= 15 is 0 Å². The lowest BCUT2D eigenvalue weighted by Gasteiger charge is -2.35. The van der Waals surface area contributed by atoms with Gasteiger partial charge in [-0.15, -0.1) is 0 Å². The second-order valence-electron chi connectivity index (χ2n) is 5.82. The zero-order valence-corrected chi connectivity index (χ0v) is 13.7. The molecule has 0 fully saturated rings. The molecule has 0 bridgehead atoms. The number of hydrogen-bond acceptors (Lipinski definition) is 1. The molecule has 0 spiro atoms. The molecule has 0 saturated carbocycles. The van der Waals surface area contributed by atoms with Crippen LogP contribution in [0.5, 0.6) is 0 Å². The van der Waals surface area contributed by atoms with Crippen LogP contribution in [0.4, 0.5) is 13.2 Å². The van der Waals surface area contributed by atoms with Gasteiger partial charge in [-0.3, -0.25) is 0 Å². The molecule has 0 aliphatic heterocycles. The number of alkyl halides is 3. The predicted octanol–water partition coefficient (Wildman–Crippen LogP) is 5.08. The van der Waals surface area contributed by atoms with E-state index in [4.69, 9.17) is 0 Å². The van der Waals surface area contributed by atoms with E-state index in [1.165, 1.54) is 6.07 Å². The first-order chi connectivity index (χ1) is 10.8. The Morgan fingerprint density at radius 1 is 0.913 bits per heavy atom. The van der Waals surface area contributed by atoms with Gasteiger partial charge in [0.15, 0.2) is 0 Å². The van der Waals surface area contributed by atoms with Crippen molar-refractivity contribution in [2.24, 2.45) is 0 Å². The van der Waals surface area contributed by atoms with Gasteiger partial charge in [0, 0.05) is 5.54 Å². The average Bonchev–Trinajstić information content (AvgIpc) is 2.53. The van der Waals surface area contributed by atoms with E-state index in [2.05, 4.69) is 5.32 Å². The van der Waals surface area contributed by atoms with Crippen LogP contribution in [0.2, 0.25) is 0 Å². The Hall–Kier alpha value is -1.81. The Labute approximate surface area is 135 Å². The Morgan fingerprint density at radius 2 is 1.52 bits per heavy atom. The first kappa shape index (κ1) is 17.5. The molecular weight excluding hydrogens is 299 g/mol. The van der Waals surface area contributed by atoms with Gasteiger partial charge in [-0.2, -0.15) is 13.2 Å². The highest BCUT2D eigenvalue weighted by Gasteiger charge is 2.37. The van der Waals surface area contributed by atoms with Gasteiger partial charge in [0.1, 0.15) is 0 Å². The van der Waals surface area contributed by atoms with Crippen LogP contribution in [0.15, 0.2) is 48.5 Å². The van der Waals surface area contributed by atoms with Gasteiger partial charge in [-0.05, 0) is 49.6 Å². The number of likely N-dealkylation sites (N-methyl/N-ethyl adjacent to an activating group) is 1. The third-order valence-corrected chi connectivity index (χ3v) is 4.59. The van der Waals surface area contributed by atoms with Crippen LogP contribution in [0.3, 0.4) is 0 Å². The monoisotopic (exact) mass is 321 g/mol. The Bertz CT molecular complexity index is 643. The van der Waals surface area contributed by atoms with Crippen molar-refractivity contribution in [1.82, 2.24) is 5.32 Å². The first-order valence-corrected chi connectivity index (χ1v) is 7.74. The first-order valence-electron chi connectivity index (χ1n) is 7.74. The van der Waals surface area contributed by atoms with Crippen LogP contribution in [-0.2, 0) is 18.1 Å². The Kier molecular flexibility index (Phi) is 5.15. The maximum absolute atomic E-state index is 13.2. The molecule has 0 saturated heterocycles. The Morgan fingerprint density at radius 3 is 2.04 bits per heavy atom. The summed E-state index contributed by atoms with van der Waals surface area (Å²) in [5.41, 5.74) is 1.03. The van der Waals surface area contributed by atoms with Gasteiger partial charge < -0.3 is 5.32 Å². The van der Waals surface area contributed by atoms with E-state index in [0.717, 1.165) is 11.6 Å². The zero-order chi connectivity index (χ0) is 17.1. The fourth-order valence-corrected chi connectivity index (χ4v) is 3.22. The Balaban J connectivity index is 2.54. The largest absolute Gasteiger partial charge is 0.416 e. The molecule has 0 unspecified atom stereocenters. The summed E-state index contributed by atoms with van der Waals surface area (Å²) < 4.78 is 39.7. The maximum atomic E-state index is 13.2. The van der Waals surface area contributed by atoms with Crippen LogP contribution in [0.25, 0.3) is 0 Å². The molecule has 0 aliphatic carbocycles. The number of rotatable bonds is 5. The summed E-state index contributed by atoms with van der Waals surface area (Å²) in [6, 6.07) is 14.3. The van der Waals surface area contributed by atoms with Crippen molar-refractivity contribution < 1.29 is 13.2 Å². The quantitative estimate of drug-likeness (QED) is 0.809. The van der Waals surface area contributed by atoms with E-state index < -0.39 is 17.3 Å². The third kappa shape index (κ3) is 3.58. The molecule has 0 heterocycles. The van der Waals surface area contributed by atoms with Crippen LogP contribution >= 0.6 is 0 Å². The highest BCUT2D eigenvalue weighted by molar-refractivity contribution is 5.41. The number of hydrogen-bond donors (Lipinski definition) is 1. The summed E-state index contributed by atoms with van der Waals surface area (Å²) in [6.07, 6.45) is -3.00. The SMILES string of the molecule is CC[C@@](Cc1ccccc1)(NC)c1cccc(C(F)(F)F)c1C. The summed E-state index contributed by atoms with van der Waals surface area (Å²) >= 11 is 0. The summed E-state index contributed by atoms with van der Waals surface area (Å²) in [7, 11) is 1.81. The second-order valence-corrected chi connectivity index (χ2v) is 5.82. The lowest BCUT2D eigenvalue weighted by Crippen LogP contribution is -2.42. The molecule has 2 aromatic carbocycles. The normalized spacial score (nSPS) is 14.5. The maximum Gasteiger partial charge on any atom is 0.416 e. The molecule has 1 atom stereocenters. The topological polar surface area (TPSA) is 12.0 Å². The summed E-state index contributed by atoms with van der Waals surface area (Å²) in [6.45, 7) is 3.56. The smallest absolute Gasteiger partial charge is 0.310 e. The van der Waals surface area contributed by atoms with E-state index in [1.807, 2.05) is 44.3 Å². The van der Waals surface area contributed by atoms with Crippen LogP contribution < -0.4 is 5.32 Å². The molecule has 4 heteroatoms. The predicted molar refractivity (Wildman–Crippen MR) is 87.4 cm³/mol. The van der Waals surface area contributed by atoms with Crippen molar-refractivity contribution in [3.8, 4) is 0 Å². The molecule has 2 rings (SSSR count). The molecule has 124 valence electrons. The van der Waals surface area contributed by atoms with Gasteiger partial charge >= 0.3 is 6.18 Å². The van der Waals surface area contributed by atoms with Gasteiger partial charge in [0.2, 0.25) is 0 Å². The summed E-state index contributed by atoms with van der Waals surface area (Å²) in [4.78, 5) is 0. The van der Waals surface area contributed by atoms with Crippen LogP contribution in [-0.4, -0.2) is 7.05 Å². The van der Waals surface area contributed by atoms with Crippen molar-refractivity contribution in [3.63, 3.8) is 0 Å². The molecule has 0 radical (unpaired) electrons. The number of benzene rings is 2. The van der Waals surface area contributed by atoms with Crippen molar-refractivity contribution in [2.75, 3.05) is 7.05 Å². The van der Waals surface area contributed by atoms with Gasteiger partial charge in [-0.25, -0.2) is 0 Å². The van der Waals surface area contributed by atoms with Crippen molar-refractivity contribution in [3.05, 3.63) is 70.8 Å². The number of nitrogens with one attached hydrogen (secondary N) is 1. The molecule has 0 aromatic heterocycles. The minimum atomic E-state index is -4.33.